The van der Waals surface area contributed by atoms with Gasteiger partial charge in [-0.1, -0.05) is 97.1 Å². The van der Waals surface area contributed by atoms with E-state index in [2.05, 4.69) is 166 Å². The van der Waals surface area contributed by atoms with Crippen molar-refractivity contribution in [2.24, 2.45) is 0 Å². The summed E-state index contributed by atoms with van der Waals surface area (Å²) in [7, 11) is 0. The van der Waals surface area contributed by atoms with Crippen molar-refractivity contribution in [1.82, 2.24) is 19.9 Å². The molecule has 0 atom stereocenters. The summed E-state index contributed by atoms with van der Waals surface area (Å²) in [4.78, 5) is 15.0. The molecule has 0 amide bonds. The minimum atomic E-state index is 0. The van der Waals surface area contributed by atoms with Crippen molar-refractivity contribution >= 4 is 67.4 Å². The van der Waals surface area contributed by atoms with E-state index in [-0.39, 0.29) is 21.1 Å². The molecule has 5 heterocycles. The second-order valence-electron chi connectivity index (χ2n) is 14.9. The van der Waals surface area contributed by atoms with E-state index >= 15 is 0 Å². The molecule has 4 aromatic heterocycles. The van der Waals surface area contributed by atoms with E-state index in [1.54, 1.807) is 0 Å². The molecule has 5 heteroatoms. The smallest absolute Gasteiger partial charge is 0.354 e. The van der Waals surface area contributed by atoms with E-state index in [1.165, 1.54) is 43.1 Å². The number of H-pyrrole nitrogens is 4. The van der Waals surface area contributed by atoms with Crippen LogP contribution in [0.1, 0.15) is 22.8 Å². The van der Waals surface area contributed by atoms with Crippen molar-refractivity contribution in [3.8, 4) is 0 Å². The Bertz CT molecular complexity index is 3020. The van der Waals surface area contributed by atoms with Crippen LogP contribution in [0.5, 0.6) is 0 Å². The molecular formula is C60H44N4Pt. The fraction of sp³-hybridized carbons (Fsp3) is 0. The molecular weight excluding hydrogens is 972 g/mol. The second kappa shape index (κ2) is 21.9. The quantitative estimate of drug-likeness (QED) is 0.109. The first-order chi connectivity index (χ1) is 31.8. The minimum absolute atomic E-state index is 0. The van der Waals surface area contributed by atoms with Crippen LogP contribution in [0.4, 0.5) is 0 Å². The molecule has 65 heavy (non-hydrogen) atoms. The summed E-state index contributed by atoms with van der Waals surface area (Å²) in [6, 6.07) is 84.4. The first kappa shape index (κ1) is 43.7. The zero-order chi connectivity index (χ0) is 43.2. The van der Waals surface area contributed by atoms with Crippen LogP contribution in [-0.2, 0) is 21.1 Å². The monoisotopic (exact) mass is 1020 g/mol. The van der Waals surface area contributed by atoms with Crippen LogP contribution in [0.25, 0.3) is 67.4 Å². The number of aromatic nitrogens is 4. The Labute approximate surface area is 393 Å². The SMILES string of the molecule is C1=c2[nH]c(c3ccccc23)=Cc2[nH]c(c3ccccc23)C=c2[nH]c(c3ccccc23)=Cc2[nH]c1c1ccccc21.[Pt+4].[c-]1ccccc1.[c-]1ccccc1.[c-]1ccccc1.[c-]1ccccc1. The molecule has 314 valence electrons. The van der Waals surface area contributed by atoms with E-state index < -0.39 is 0 Å². The van der Waals surface area contributed by atoms with Gasteiger partial charge in [-0.15, -0.1) is 0 Å². The van der Waals surface area contributed by atoms with Gasteiger partial charge in [0.2, 0.25) is 0 Å². The third kappa shape index (κ3) is 10.7. The second-order valence-corrected chi connectivity index (χ2v) is 14.9. The zero-order valence-electron chi connectivity index (χ0n) is 35.4. The van der Waals surface area contributed by atoms with Crippen molar-refractivity contribution in [2.45, 2.75) is 0 Å². The summed E-state index contributed by atoms with van der Waals surface area (Å²) in [5, 5.41) is 13.9. The van der Waals surface area contributed by atoms with E-state index in [0.717, 1.165) is 44.2 Å². The Kier molecular flexibility index (Phi) is 14.8. The van der Waals surface area contributed by atoms with Gasteiger partial charge in [-0.25, -0.2) is 0 Å². The fourth-order valence-electron chi connectivity index (χ4n) is 7.79. The normalized spacial score (nSPS) is 10.8. The topological polar surface area (TPSA) is 63.2 Å². The van der Waals surface area contributed by atoms with Gasteiger partial charge >= 0.3 is 21.1 Å². The Balaban J connectivity index is 0.000000186. The van der Waals surface area contributed by atoms with Gasteiger partial charge < -0.3 is 19.9 Å². The van der Waals surface area contributed by atoms with Crippen molar-refractivity contribution in [2.75, 3.05) is 0 Å². The molecule has 12 aromatic rings. The number of fused-ring (bicyclic) bond motifs is 20. The molecule has 0 unspecified atom stereocenters. The fourth-order valence-corrected chi connectivity index (χ4v) is 7.79. The van der Waals surface area contributed by atoms with Crippen LogP contribution in [0, 0.1) is 24.3 Å². The summed E-state index contributed by atoms with van der Waals surface area (Å²) in [5.41, 5.74) is 4.34. The zero-order valence-corrected chi connectivity index (χ0v) is 37.7. The number of aromatic amines is 4. The average Bonchev–Trinajstić information content (AvgIpc) is 4.13. The van der Waals surface area contributed by atoms with Crippen molar-refractivity contribution in [3.05, 3.63) is 287 Å². The maximum atomic E-state index is 3.75. The van der Waals surface area contributed by atoms with Crippen LogP contribution >= 0.6 is 0 Å². The maximum Gasteiger partial charge on any atom is 4.00 e. The van der Waals surface area contributed by atoms with Crippen molar-refractivity contribution in [3.63, 3.8) is 0 Å². The van der Waals surface area contributed by atoms with E-state index in [0.29, 0.717) is 0 Å². The molecule has 0 radical (unpaired) electrons. The van der Waals surface area contributed by atoms with Gasteiger partial charge in [0.15, 0.2) is 0 Å². The standard InChI is InChI=1S/C36H24N4.4C6H5.Pt/c1-2-10-22-21(9-1)29-17-31-23-11-3-4-12-24(23)33(38-31)19-35-27-15-7-8-16-28(27)36(40-35)20-34-26-14-6-5-13-25(26)32(39-34)18-30(22)37-29;4*1-2-4-6-5-3-1;/h1-20,37-40H;4*1-5H;/q;4*-1;+4. The Morgan fingerprint density at radius 3 is 0.585 bits per heavy atom. The summed E-state index contributed by atoms with van der Waals surface area (Å²) >= 11 is 0. The molecule has 0 fully saturated rings. The Morgan fingerprint density at radius 2 is 0.415 bits per heavy atom. The average molecular weight is 1020 g/mol. The molecule has 0 spiro atoms. The molecule has 0 aliphatic carbocycles. The van der Waals surface area contributed by atoms with Gasteiger partial charge in [-0.05, 0) is 24.3 Å². The third-order valence-corrected chi connectivity index (χ3v) is 10.7. The predicted octanol–water partition coefficient (Wildman–Crippen LogP) is 11.2. The van der Waals surface area contributed by atoms with Gasteiger partial charge in [0.25, 0.3) is 0 Å². The first-order valence-corrected chi connectivity index (χ1v) is 21.3. The molecule has 13 rings (SSSR count). The Hall–Kier alpha value is -7.91. The number of benzene rings is 8. The van der Waals surface area contributed by atoms with Crippen LogP contribution in [-0.4, -0.2) is 19.9 Å². The number of hydrogen-bond acceptors (Lipinski definition) is 0. The molecule has 0 saturated heterocycles. The molecule has 1 aliphatic heterocycles. The molecule has 4 N–H and O–H groups in total. The molecule has 0 saturated carbocycles. The molecule has 8 bridgehead atoms. The van der Waals surface area contributed by atoms with Gasteiger partial charge in [0.05, 0.1) is 0 Å². The van der Waals surface area contributed by atoms with Crippen LogP contribution in [0.3, 0.4) is 0 Å². The molecule has 1 aliphatic rings. The van der Waals surface area contributed by atoms with Crippen LogP contribution < -0.4 is 21.4 Å². The summed E-state index contributed by atoms with van der Waals surface area (Å²) in [6.07, 6.45) is 8.98. The largest absolute Gasteiger partial charge is 4.00 e. The van der Waals surface area contributed by atoms with Crippen molar-refractivity contribution < 1.29 is 21.1 Å². The molecule has 8 aromatic carbocycles. The van der Waals surface area contributed by atoms with Gasteiger partial charge in [0, 0.05) is 87.3 Å². The third-order valence-electron chi connectivity index (χ3n) is 10.7. The Morgan fingerprint density at radius 1 is 0.215 bits per heavy atom. The maximum absolute atomic E-state index is 3.75. The van der Waals surface area contributed by atoms with Gasteiger partial charge in [0.1, 0.15) is 0 Å². The van der Waals surface area contributed by atoms with Crippen LogP contribution in [0.2, 0.25) is 0 Å². The summed E-state index contributed by atoms with van der Waals surface area (Å²) in [6.45, 7) is 0. The minimum Gasteiger partial charge on any atom is -0.354 e. The van der Waals surface area contributed by atoms with E-state index in [4.69, 9.17) is 0 Å². The number of nitrogens with one attached hydrogen (secondary N) is 4. The molecule has 4 nitrogen and oxygen atoms in total. The predicted molar refractivity (Wildman–Crippen MR) is 267 cm³/mol. The van der Waals surface area contributed by atoms with Gasteiger partial charge in [-0.3, -0.25) is 0 Å². The van der Waals surface area contributed by atoms with Crippen molar-refractivity contribution in [1.29, 1.82) is 0 Å². The van der Waals surface area contributed by atoms with E-state index in [9.17, 15) is 0 Å². The van der Waals surface area contributed by atoms with E-state index in [1.807, 2.05) is 121 Å². The number of rotatable bonds is 0. The summed E-state index contributed by atoms with van der Waals surface area (Å²) < 4.78 is 0. The van der Waals surface area contributed by atoms with Crippen LogP contribution in [0.15, 0.2) is 218 Å². The number of hydrogen-bond donors (Lipinski definition) is 4. The first-order valence-electron chi connectivity index (χ1n) is 21.3. The summed E-state index contributed by atoms with van der Waals surface area (Å²) in [5.74, 6) is 0. The van der Waals surface area contributed by atoms with Gasteiger partial charge in [-0.2, -0.15) is 146 Å².